The maximum Gasteiger partial charge on any atom is 0.319 e. The quantitative estimate of drug-likeness (QED) is 0.493. The first-order chi connectivity index (χ1) is 8.04. The molecule has 0 spiro atoms. The van der Waals surface area contributed by atoms with E-state index in [-0.39, 0.29) is 5.69 Å². The Balaban J connectivity index is 2.75. The van der Waals surface area contributed by atoms with Gasteiger partial charge in [-0.25, -0.2) is 4.79 Å². The van der Waals surface area contributed by atoms with E-state index >= 15 is 0 Å². The lowest BCUT2D eigenvalue weighted by molar-refractivity contribution is -0.385. The van der Waals surface area contributed by atoms with Gasteiger partial charge in [-0.2, -0.15) is 0 Å². The Bertz CT molecular complexity index is 437. The number of amides is 2. The predicted octanol–water partition coefficient (Wildman–Crippen LogP) is 2.26. The number of carbonyl (C=O) groups excluding carboxylic acids is 1. The number of nitrogens with one attached hydrogen (secondary N) is 2. The number of urea groups is 1. The van der Waals surface area contributed by atoms with Crippen molar-refractivity contribution < 1.29 is 9.72 Å². The summed E-state index contributed by atoms with van der Waals surface area (Å²) in [6.07, 6.45) is 0. The zero-order valence-corrected chi connectivity index (χ0v) is 9.95. The Hall–Kier alpha value is -1.82. The molecule has 0 bridgehead atoms. The van der Waals surface area contributed by atoms with Crippen molar-refractivity contribution in [3.63, 3.8) is 0 Å². The van der Waals surface area contributed by atoms with E-state index in [1.165, 1.54) is 6.07 Å². The maximum absolute atomic E-state index is 11.3. The van der Waals surface area contributed by atoms with Gasteiger partial charge in [0.1, 0.15) is 0 Å². The SMILES string of the molecule is Cc1ccc(NC(=O)NCCCl)cc1[N+](=O)[O-]. The molecule has 0 aliphatic heterocycles. The summed E-state index contributed by atoms with van der Waals surface area (Å²) in [5, 5.41) is 15.7. The normalized spacial score (nSPS) is 9.76. The number of alkyl halides is 1. The number of rotatable bonds is 4. The minimum atomic E-state index is -0.489. The lowest BCUT2D eigenvalue weighted by Crippen LogP contribution is -2.30. The number of nitro groups is 1. The van der Waals surface area contributed by atoms with Crippen LogP contribution in [-0.2, 0) is 0 Å². The van der Waals surface area contributed by atoms with Crippen molar-refractivity contribution in [2.45, 2.75) is 6.92 Å². The average molecular weight is 258 g/mol. The molecule has 0 aromatic heterocycles. The molecule has 6 nitrogen and oxygen atoms in total. The summed E-state index contributed by atoms with van der Waals surface area (Å²) in [5.41, 5.74) is 0.885. The van der Waals surface area contributed by atoms with Crippen molar-refractivity contribution in [3.8, 4) is 0 Å². The zero-order chi connectivity index (χ0) is 12.8. The van der Waals surface area contributed by atoms with Gasteiger partial charge in [-0.15, -0.1) is 11.6 Å². The lowest BCUT2D eigenvalue weighted by Gasteiger charge is -2.06. The van der Waals surface area contributed by atoms with Crippen LogP contribution in [0.15, 0.2) is 18.2 Å². The average Bonchev–Trinajstić information content (AvgIpc) is 2.28. The van der Waals surface area contributed by atoms with Crippen molar-refractivity contribution in [2.24, 2.45) is 0 Å². The molecule has 1 rings (SSSR count). The number of halogens is 1. The number of nitrogens with zero attached hydrogens (tertiary/aromatic N) is 1. The second-order valence-corrected chi connectivity index (χ2v) is 3.71. The number of benzene rings is 1. The molecular weight excluding hydrogens is 246 g/mol. The van der Waals surface area contributed by atoms with Gasteiger partial charge in [0.05, 0.1) is 4.92 Å². The Kier molecular flexibility index (Phi) is 4.71. The molecule has 0 atom stereocenters. The fourth-order valence-electron chi connectivity index (χ4n) is 1.22. The highest BCUT2D eigenvalue weighted by atomic mass is 35.5. The molecule has 2 amide bonds. The number of carbonyl (C=O) groups is 1. The number of anilines is 1. The van der Waals surface area contributed by atoms with Gasteiger partial charge >= 0.3 is 6.03 Å². The van der Waals surface area contributed by atoms with Crippen LogP contribution in [0, 0.1) is 17.0 Å². The van der Waals surface area contributed by atoms with Crippen LogP contribution < -0.4 is 10.6 Å². The van der Waals surface area contributed by atoms with Crippen molar-refractivity contribution in [3.05, 3.63) is 33.9 Å². The van der Waals surface area contributed by atoms with Crippen LogP contribution in [0.5, 0.6) is 0 Å². The van der Waals surface area contributed by atoms with Gasteiger partial charge in [-0.3, -0.25) is 10.1 Å². The largest absolute Gasteiger partial charge is 0.337 e. The summed E-state index contributed by atoms with van der Waals surface area (Å²) in [6, 6.07) is 4.05. The zero-order valence-electron chi connectivity index (χ0n) is 9.20. The number of hydrogen-bond acceptors (Lipinski definition) is 3. The molecule has 0 aliphatic rings. The third kappa shape index (κ3) is 3.92. The third-order valence-corrected chi connectivity index (χ3v) is 2.23. The molecule has 17 heavy (non-hydrogen) atoms. The molecule has 92 valence electrons. The van der Waals surface area contributed by atoms with Crippen molar-refractivity contribution in [1.29, 1.82) is 0 Å². The second-order valence-electron chi connectivity index (χ2n) is 3.33. The molecule has 0 saturated heterocycles. The van der Waals surface area contributed by atoms with Gasteiger partial charge in [0.15, 0.2) is 0 Å². The smallest absolute Gasteiger partial charge is 0.319 e. The Morgan fingerprint density at radius 1 is 1.53 bits per heavy atom. The van der Waals surface area contributed by atoms with Crippen LogP contribution in [-0.4, -0.2) is 23.4 Å². The van der Waals surface area contributed by atoms with Crippen LogP contribution in [0.3, 0.4) is 0 Å². The number of hydrogen-bond donors (Lipinski definition) is 2. The van der Waals surface area contributed by atoms with E-state index in [0.717, 1.165) is 0 Å². The Morgan fingerprint density at radius 3 is 2.82 bits per heavy atom. The van der Waals surface area contributed by atoms with E-state index in [4.69, 9.17) is 11.6 Å². The highest BCUT2D eigenvalue weighted by molar-refractivity contribution is 6.18. The predicted molar refractivity (Wildman–Crippen MR) is 65.6 cm³/mol. The van der Waals surface area contributed by atoms with Crippen LogP contribution in [0.4, 0.5) is 16.2 Å². The van der Waals surface area contributed by atoms with Crippen LogP contribution in [0.2, 0.25) is 0 Å². The monoisotopic (exact) mass is 257 g/mol. The molecule has 0 fully saturated rings. The molecular formula is C10H12ClN3O3. The molecule has 7 heteroatoms. The summed E-state index contributed by atoms with van der Waals surface area (Å²) in [6.45, 7) is 1.97. The molecule has 0 heterocycles. The summed E-state index contributed by atoms with van der Waals surface area (Å²) < 4.78 is 0. The van der Waals surface area contributed by atoms with Gasteiger partial charge in [-0.05, 0) is 13.0 Å². The molecule has 2 N–H and O–H groups in total. The van der Waals surface area contributed by atoms with Crippen LogP contribution >= 0.6 is 11.6 Å². The minimum absolute atomic E-state index is 0.0276. The van der Waals surface area contributed by atoms with Crippen molar-refractivity contribution in [1.82, 2.24) is 5.32 Å². The van der Waals surface area contributed by atoms with Gasteiger partial charge < -0.3 is 10.6 Å². The van der Waals surface area contributed by atoms with E-state index in [1.807, 2.05) is 0 Å². The molecule has 0 aliphatic carbocycles. The third-order valence-electron chi connectivity index (χ3n) is 2.04. The summed E-state index contributed by atoms with van der Waals surface area (Å²) in [4.78, 5) is 21.5. The summed E-state index contributed by atoms with van der Waals surface area (Å²) in [5.74, 6) is 0.307. The van der Waals surface area contributed by atoms with E-state index < -0.39 is 11.0 Å². The Morgan fingerprint density at radius 2 is 2.24 bits per heavy atom. The maximum atomic E-state index is 11.3. The van der Waals surface area contributed by atoms with Gasteiger partial charge in [0.25, 0.3) is 5.69 Å². The number of nitro benzene ring substituents is 1. The summed E-state index contributed by atoms with van der Waals surface area (Å²) >= 11 is 5.40. The second kappa shape index (κ2) is 6.05. The fourth-order valence-corrected chi connectivity index (χ4v) is 1.31. The van der Waals surface area contributed by atoms with Crippen molar-refractivity contribution in [2.75, 3.05) is 17.7 Å². The van der Waals surface area contributed by atoms with Crippen LogP contribution in [0.1, 0.15) is 5.56 Å². The van der Waals surface area contributed by atoms with Gasteiger partial charge in [0, 0.05) is 29.7 Å². The summed E-state index contributed by atoms with van der Waals surface area (Å²) in [7, 11) is 0. The molecule has 1 aromatic carbocycles. The first-order valence-electron chi connectivity index (χ1n) is 4.90. The Labute approximate surface area is 103 Å². The van der Waals surface area contributed by atoms with E-state index in [1.54, 1.807) is 19.1 Å². The highest BCUT2D eigenvalue weighted by Gasteiger charge is 2.11. The van der Waals surface area contributed by atoms with Crippen LogP contribution in [0.25, 0.3) is 0 Å². The minimum Gasteiger partial charge on any atom is -0.337 e. The highest BCUT2D eigenvalue weighted by Crippen LogP contribution is 2.22. The molecule has 0 radical (unpaired) electrons. The first-order valence-corrected chi connectivity index (χ1v) is 5.44. The molecule has 0 unspecified atom stereocenters. The number of aryl methyl sites for hydroxylation is 1. The fraction of sp³-hybridized carbons (Fsp3) is 0.300. The van der Waals surface area contributed by atoms with Crippen molar-refractivity contribution >= 4 is 29.0 Å². The van der Waals surface area contributed by atoms with Gasteiger partial charge in [-0.1, -0.05) is 6.07 Å². The van der Waals surface area contributed by atoms with E-state index in [9.17, 15) is 14.9 Å². The standard InChI is InChI=1S/C10H12ClN3O3/c1-7-2-3-8(6-9(7)14(16)17)13-10(15)12-5-4-11/h2-3,6H,4-5H2,1H3,(H2,12,13,15). The first kappa shape index (κ1) is 13.2. The van der Waals surface area contributed by atoms with Gasteiger partial charge in [0.2, 0.25) is 0 Å². The lowest BCUT2D eigenvalue weighted by atomic mass is 10.2. The molecule has 1 aromatic rings. The van der Waals surface area contributed by atoms with E-state index in [0.29, 0.717) is 23.7 Å². The topological polar surface area (TPSA) is 84.3 Å². The molecule has 0 saturated carbocycles. The van der Waals surface area contributed by atoms with E-state index in [2.05, 4.69) is 10.6 Å².